The van der Waals surface area contributed by atoms with Gasteiger partial charge in [0.25, 0.3) is 5.91 Å². The number of nitrogens with zero attached hydrogens (tertiary/aromatic N) is 4. The summed E-state index contributed by atoms with van der Waals surface area (Å²) in [5, 5.41) is 3.69. The van der Waals surface area contributed by atoms with Gasteiger partial charge in [0.1, 0.15) is 17.6 Å². The standard InChI is InChI=1S/C21H17F2N5O3/c1-30-19-6-13(15(22)7-16(19)23)9-26-28-21(29)18-11-24-10-17(27-18)12-2-5-20(25-8-12)31-14-3-4-14/h2,5-11,14H,3-4H2,1H3,(H,28,29)/b26-9+. The quantitative estimate of drug-likeness (QED) is 0.461. The Hall–Kier alpha value is -3.95. The molecule has 0 radical (unpaired) electrons. The molecule has 31 heavy (non-hydrogen) atoms. The molecule has 1 amide bonds. The van der Waals surface area contributed by atoms with Gasteiger partial charge < -0.3 is 9.47 Å². The van der Waals surface area contributed by atoms with Gasteiger partial charge in [0, 0.05) is 29.5 Å². The molecule has 0 aliphatic heterocycles. The fourth-order valence-electron chi connectivity index (χ4n) is 2.59. The molecular weight excluding hydrogens is 408 g/mol. The molecule has 4 rings (SSSR count). The van der Waals surface area contributed by atoms with Crippen molar-refractivity contribution in [3.63, 3.8) is 0 Å². The molecule has 158 valence electrons. The summed E-state index contributed by atoms with van der Waals surface area (Å²) in [4.78, 5) is 24.8. The maximum atomic E-state index is 13.8. The van der Waals surface area contributed by atoms with Gasteiger partial charge in [0.15, 0.2) is 11.6 Å². The van der Waals surface area contributed by atoms with E-state index in [0.717, 1.165) is 25.1 Å². The van der Waals surface area contributed by atoms with E-state index in [1.54, 1.807) is 18.3 Å². The Morgan fingerprint density at radius 1 is 1.19 bits per heavy atom. The minimum Gasteiger partial charge on any atom is -0.494 e. The van der Waals surface area contributed by atoms with Crippen LogP contribution in [0.4, 0.5) is 8.78 Å². The van der Waals surface area contributed by atoms with Crippen molar-refractivity contribution in [3.05, 3.63) is 65.7 Å². The molecule has 1 N–H and O–H groups in total. The molecule has 1 fully saturated rings. The number of hydrogen-bond acceptors (Lipinski definition) is 7. The summed E-state index contributed by atoms with van der Waals surface area (Å²) in [6.07, 6.45) is 7.72. The lowest BCUT2D eigenvalue weighted by Crippen LogP contribution is -2.19. The largest absolute Gasteiger partial charge is 0.494 e. The molecule has 1 saturated carbocycles. The first kappa shape index (κ1) is 20.3. The molecule has 8 nitrogen and oxygen atoms in total. The Kier molecular flexibility index (Phi) is 5.78. The maximum Gasteiger partial charge on any atom is 0.291 e. The summed E-state index contributed by atoms with van der Waals surface area (Å²) in [6, 6.07) is 5.31. The summed E-state index contributed by atoms with van der Waals surface area (Å²) in [6.45, 7) is 0. The Morgan fingerprint density at radius 2 is 2.03 bits per heavy atom. The second-order valence-electron chi connectivity index (χ2n) is 6.70. The summed E-state index contributed by atoms with van der Waals surface area (Å²) in [5.41, 5.74) is 3.28. The van der Waals surface area contributed by atoms with Crippen LogP contribution < -0.4 is 14.9 Å². The normalized spacial score (nSPS) is 13.3. The number of carbonyl (C=O) groups excluding carboxylic acids is 1. The minimum atomic E-state index is -0.848. The highest BCUT2D eigenvalue weighted by molar-refractivity contribution is 5.93. The van der Waals surface area contributed by atoms with E-state index in [2.05, 4.69) is 25.5 Å². The molecule has 0 atom stereocenters. The van der Waals surface area contributed by atoms with Gasteiger partial charge >= 0.3 is 0 Å². The first-order chi connectivity index (χ1) is 15.0. The lowest BCUT2D eigenvalue weighted by molar-refractivity contribution is 0.0950. The monoisotopic (exact) mass is 425 g/mol. The molecule has 2 aromatic heterocycles. The number of methoxy groups -OCH3 is 1. The van der Waals surface area contributed by atoms with E-state index in [4.69, 9.17) is 9.47 Å². The smallest absolute Gasteiger partial charge is 0.291 e. The summed E-state index contributed by atoms with van der Waals surface area (Å²) in [5.74, 6) is -1.95. The van der Waals surface area contributed by atoms with Crippen LogP contribution in [0.5, 0.6) is 11.6 Å². The minimum absolute atomic E-state index is 0.00474. The average Bonchev–Trinajstić information content (AvgIpc) is 3.60. The Labute approximate surface area is 176 Å². The van der Waals surface area contributed by atoms with Crippen molar-refractivity contribution in [2.45, 2.75) is 18.9 Å². The maximum absolute atomic E-state index is 13.8. The van der Waals surface area contributed by atoms with Gasteiger partial charge in [-0.2, -0.15) is 5.10 Å². The van der Waals surface area contributed by atoms with Crippen molar-refractivity contribution >= 4 is 12.1 Å². The molecule has 0 bridgehead atoms. The van der Waals surface area contributed by atoms with Crippen molar-refractivity contribution in [2.75, 3.05) is 7.11 Å². The molecule has 2 heterocycles. The van der Waals surface area contributed by atoms with Crippen molar-refractivity contribution in [1.29, 1.82) is 0 Å². The number of aromatic nitrogens is 3. The zero-order chi connectivity index (χ0) is 21.8. The third-order valence-corrected chi connectivity index (χ3v) is 4.35. The molecule has 1 aliphatic rings. The second kappa shape index (κ2) is 8.82. The van der Waals surface area contributed by atoms with Crippen molar-refractivity contribution in [3.8, 4) is 22.9 Å². The van der Waals surface area contributed by atoms with Crippen LogP contribution in [0.15, 0.2) is 48.0 Å². The SMILES string of the molecule is COc1cc(/C=N/NC(=O)c2cncc(-c3ccc(OC4CC4)nc3)n2)c(F)cc1F. The average molecular weight is 425 g/mol. The third-order valence-electron chi connectivity index (χ3n) is 4.35. The van der Waals surface area contributed by atoms with Crippen molar-refractivity contribution in [2.24, 2.45) is 5.10 Å². The Morgan fingerprint density at radius 3 is 2.74 bits per heavy atom. The Bertz CT molecular complexity index is 1130. The summed E-state index contributed by atoms with van der Waals surface area (Å²) < 4.78 is 37.7. The number of pyridine rings is 1. The van der Waals surface area contributed by atoms with Crippen LogP contribution in [0.3, 0.4) is 0 Å². The van der Waals surface area contributed by atoms with Gasteiger partial charge in [0.2, 0.25) is 5.88 Å². The number of halogens is 2. The van der Waals surface area contributed by atoms with Gasteiger partial charge in [0.05, 0.1) is 31.4 Å². The second-order valence-corrected chi connectivity index (χ2v) is 6.70. The van der Waals surface area contributed by atoms with E-state index in [9.17, 15) is 13.6 Å². The predicted molar refractivity (Wildman–Crippen MR) is 107 cm³/mol. The van der Waals surface area contributed by atoms with Crippen LogP contribution in [0.25, 0.3) is 11.3 Å². The lowest BCUT2D eigenvalue weighted by atomic mass is 10.2. The number of amides is 1. The lowest BCUT2D eigenvalue weighted by Gasteiger charge is -2.06. The molecular formula is C21H17F2N5O3. The number of hydrogen-bond donors (Lipinski definition) is 1. The van der Waals surface area contributed by atoms with Gasteiger partial charge in [-0.3, -0.25) is 9.78 Å². The van der Waals surface area contributed by atoms with Gasteiger partial charge in [-0.05, 0) is 25.0 Å². The number of rotatable bonds is 7. The van der Waals surface area contributed by atoms with Crippen LogP contribution in [0.2, 0.25) is 0 Å². The van der Waals surface area contributed by atoms with Gasteiger partial charge in [-0.15, -0.1) is 0 Å². The van der Waals surface area contributed by atoms with Crippen LogP contribution in [-0.4, -0.2) is 40.3 Å². The van der Waals surface area contributed by atoms with Gasteiger partial charge in [-0.25, -0.2) is 24.2 Å². The highest BCUT2D eigenvalue weighted by Gasteiger charge is 2.24. The zero-order valence-corrected chi connectivity index (χ0v) is 16.4. The van der Waals surface area contributed by atoms with E-state index in [-0.39, 0.29) is 23.1 Å². The van der Waals surface area contributed by atoms with E-state index in [1.165, 1.54) is 19.5 Å². The van der Waals surface area contributed by atoms with E-state index in [0.29, 0.717) is 23.2 Å². The van der Waals surface area contributed by atoms with E-state index < -0.39 is 17.5 Å². The molecule has 1 aliphatic carbocycles. The molecule has 10 heteroatoms. The van der Waals surface area contributed by atoms with Crippen molar-refractivity contribution in [1.82, 2.24) is 20.4 Å². The van der Waals surface area contributed by atoms with Crippen LogP contribution >= 0.6 is 0 Å². The van der Waals surface area contributed by atoms with E-state index in [1.807, 2.05) is 0 Å². The fraction of sp³-hybridized carbons (Fsp3) is 0.190. The Balaban J connectivity index is 1.44. The van der Waals surface area contributed by atoms with E-state index >= 15 is 0 Å². The van der Waals surface area contributed by atoms with Crippen LogP contribution in [0, 0.1) is 11.6 Å². The molecule has 3 aromatic rings. The predicted octanol–water partition coefficient (Wildman–Crippen LogP) is 3.13. The van der Waals surface area contributed by atoms with Gasteiger partial charge in [-0.1, -0.05) is 0 Å². The highest BCUT2D eigenvalue weighted by Crippen LogP contribution is 2.26. The molecule has 1 aromatic carbocycles. The molecule has 0 saturated heterocycles. The fourth-order valence-corrected chi connectivity index (χ4v) is 2.59. The van der Waals surface area contributed by atoms with Crippen LogP contribution in [0.1, 0.15) is 28.9 Å². The topological polar surface area (TPSA) is 98.6 Å². The summed E-state index contributed by atoms with van der Waals surface area (Å²) in [7, 11) is 1.26. The van der Waals surface area contributed by atoms with Crippen LogP contribution in [-0.2, 0) is 0 Å². The number of benzene rings is 1. The first-order valence-corrected chi connectivity index (χ1v) is 9.35. The molecule has 0 unspecified atom stereocenters. The number of nitrogens with one attached hydrogen (secondary N) is 1. The summed E-state index contributed by atoms with van der Waals surface area (Å²) >= 11 is 0. The van der Waals surface area contributed by atoms with Crippen molar-refractivity contribution < 1.29 is 23.0 Å². The molecule has 0 spiro atoms. The number of carbonyl (C=O) groups is 1. The third kappa shape index (κ3) is 4.97. The first-order valence-electron chi connectivity index (χ1n) is 9.35. The zero-order valence-electron chi connectivity index (χ0n) is 16.4. The highest BCUT2D eigenvalue weighted by atomic mass is 19.1. The number of hydrazone groups is 1. The number of ether oxygens (including phenoxy) is 2.